The first-order valence-electron chi connectivity index (χ1n) is 3.64. The molecule has 0 amide bonds. The van der Waals surface area contributed by atoms with Crippen LogP contribution in [0.1, 0.15) is 13.8 Å². The van der Waals surface area contributed by atoms with E-state index in [9.17, 15) is 4.79 Å². The highest BCUT2D eigenvalue weighted by atomic mass is 16.5. The molecule has 70 valence electrons. The summed E-state index contributed by atoms with van der Waals surface area (Å²) in [5, 5.41) is 17.8. The molecule has 2 unspecified atom stereocenters. The summed E-state index contributed by atoms with van der Waals surface area (Å²) in [6.07, 6.45) is -1.93. The van der Waals surface area contributed by atoms with E-state index >= 15 is 0 Å². The molecule has 12 heavy (non-hydrogen) atoms. The maximum absolute atomic E-state index is 10.8. The molecule has 0 rings (SSSR count). The summed E-state index contributed by atoms with van der Waals surface area (Å²) in [6, 6.07) is 0. The normalized spacial score (nSPS) is 15.0. The molecule has 0 spiro atoms. The van der Waals surface area contributed by atoms with Gasteiger partial charge in [0.25, 0.3) is 0 Å². The molecule has 0 fully saturated rings. The second kappa shape index (κ2) is 4.90. The smallest absolute Gasteiger partial charge is 0.333 e. The third-order valence-corrected chi connectivity index (χ3v) is 1.29. The van der Waals surface area contributed by atoms with Crippen molar-refractivity contribution in [3.8, 4) is 0 Å². The van der Waals surface area contributed by atoms with Gasteiger partial charge in [-0.15, -0.1) is 0 Å². The lowest BCUT2D eigenvalue weighted by Crippen LogP contribution is -2.29. The first-order chi connectivity index (χ1) is 5.45. The standard InChI is InChI=1S/C8H14O4/c1-5(2)8(11)12-4-7(10)6(3)9/h6-7,9-10H,1,4H2,2-3H3. The molecule has 0 bridgehead atoms. The molecule has 4 nitrogen and oxygen atoms in total. The highest BCUT2D eigenvalue weighted by molar-refractivity contribution is 5.86. The van der Waals surface area contributed by atoms with Crippen LogP contribution in [-0.4, -0.2) is 35.0 Å². The second-order valence-electron chi connectivity index (χ2n) is 2.69. The molecule has 0 aliphatic carbocycles. The van der Waals surface area contributed by atoms with Crippen molar-refractivity contribution in [3.63, 3.8) is 0 Å². The Kier molecular flexibility index (Phi) is 4.54. The SMILES string of the molecule is C=C(C)C(=O)OCC(O)C(C)O. The fourth-order valence-corrected chi connectivity index (χ4v) is 0.424. The van der Waals surface area contributed by atoms with Crippen LogP contribution >= 0.6 is 0 Å². The van der Waals surface area contributed by atoms with Crippen LogP contribution in [0.3, 0.4) is 0 Å². The Balaban J connectivity index is 3.69. The number of aliphatic hydroxyl groups excluding tert-OH is 2. The number of ether oxygens (including phenoxy) is 1. The lowest BCUT2D eigenvalue weighted by molar-refractivity contribution is -0.143. The average molecular weight is 174 g/mol. The third kappa shape index (κ3) is 4.10. The zero-order valence-electron chi connectivity index (χ0n) is 7.28. The quantitative estimate of drug-likeness (QED) is 0.459. The molecule has 0 aromatic carbocycles. The minimum atomic E-state index is -1.03. The van der Waals surface area contributed by atoms with Gasteiger partial charge in [0, 0.05) is 5.57 Å². The average Bonchev–Trinajstić information content (AvgIpc) is 1.98. The Morgan fingerprint density at radius 3 is 2.42 bits per heavy atom. The van der Waals surface area contributed by atoms with Crippen molar-refractivity contribution in [1.82, 2.24) is 0 Å². The molecule has 4 heteroatoms. The van der Waals surface area contributed by atoms with E-state index in [1.54, 1.807) is 0 Å². The number of carbonyl (C=O) groups excluding carboxylic acids is 1. The van der Waals surface area contributed by atoms with Crippen LogP contribution in [0.5, 0.6) is 0 Å². The maximum atomic E-state index is 10.8. The van der Waals surface area contributed by atoms with E-state index in [1.165, 1.54) is 13.8 Å². The summed E-state index contributed by atoms with van der Waals surface area (Å²) >= 11 is 0. The van der Waals surface area contributed by atoms with Gasteiger partial charge in [-0.05, 0) is 13.8 Å². The van der Waals surface area contributed by atoms with Gasteiger partial charge in [0.15, 0.2) is 0 Å². The van der Waals surface area contributed by atoms with Crippen molar-refractivity contribution in [2.24, 2.45) is 0 Å². The van der Waals surface area contributed by atoms with Gasteiger partial charge in [-0.2, -0.15) is 0 Å². The van der Waals surface area contributed by atoms with Crippen LogP contribution in [0.25, 0.3) is 0 Å². The topological polar surface area (TPSA) is 66.8 Å². The summed E-state index contributed by atoms with van der Waals surface area (Å²) in [4.78, 5) is 10.8. The summed E-state index contributed by atoms with van der Waals surface area (Å²) in [7, 11) is 0. The molecule has 0 aliphatic rings. The van der Waals surface area contributed by atoms with Crippen LogP contribution in [0.4, 0.5) is 0 Å². The minimum absolute atomic E-state index is 0.205. The Morgan fingerprint density at radius 2 is 2.08 bits per heavy atom. The number of aliphatic hydroxyl groups is 2. The van der Waals surface area contributed by atoms with Crippen molar-refractivity contribution in [2.45, 2.75) is 26.1 Å². The molecule has 0 saturated carbocycles. The Hall–Kier alpha value is -0.870. The van der Waals surface area contributed by atoms with E-state index in [-0.39, 0.29) is 12.2 Å². The van der Waals surface area contributed by atoms with E-state index in [0.717, 1.165) is 0 Å². The highest BCUT2D eigenvalue weighted by Gasteiger charge is 2.13. The van der Waals surface area contributed by atoms with Crippen LogP contribution in [0, 0.1) is 0 Å². The van der Waals surface area contributed by atoms with Crippen molar-refractivity contribution >= 4 is 5.97 Å². The predicted octanol–water partition coefficient (Wildman–Crippen LogP) is -0.153. The molecule has 0 saturated heterocycles. The Morgan fingerprint density at radius 1 is 1.58 bits per heavy atom. The first-order valence-corrected chi connectivity index (χ1v) is 3.64. The second-order valence-corrected chi connectivity index (χ2v) is 2.69. The van der Waals surface area contributed by atoms with E-state index in [2.05, 4.69) is 11.3 Å². The van der Waals surface area contributed by atoms with Crippen LogP contribution < -0.4 is 0 Å². The first kappa shape index (κ1) is 11.1. The van der Waals surface area contributed by atoms with Gasteiger partial charge in [0.1, 0.15) is 12.7 Å². The monoisotopic (exact) mass is 174 g/mol. The third-order valence-electron chi connectivity index (χ3n) is 1.29. The van der Waals surface area contributed by atoms with Crippen molar-refractivity contribution in [1.29, 1.82) is 0 Å². The zero-order chi connectivity index (χ0) is 9.72. The van der Waals surface area contributed by atoms with E-state index in [0.29, 0.717) is 0 Å². The fraction of sp³-hybridized carbons (Fsp3) is 0.625. The number of rotatable bonds is 4. The summed E-state index contributed by atoms with van der Waals surface area (Å²) in [5.41, 5.74) is 0.271. The van der Waals surface area contributed by atoms with Gasteiger partial charge in [0.05, 0.1) is 6.10 Å². The maximum Gasteiger partial charge on any atom is 0.333 e. The molecule has 0 radical (unpaired) electrons. The van der Waals surface area contributed by atoms with Gasteiger partial charge in [0.2, 0.25) is 0 Å². The van der Waals surface area contributed by atoms with E-state index in [4.69, 9.17) is 10.2 Å². The van der Waals surface area contributed by atoms with Gasteiger partial charge in [-0.3, -0.25) is 0 Å². The number of esters is 1. The predicted molar refractivity (Wildman–Crippen MR) is 43.5 cm³/mol. The van der Waals surface area contributed by atoms with Gasteiger partial charge in [-0.25, -0.2) is 4.79 Å². The largest absolute Gasteiger partial charge is 0.459 e. The summed E-state index contributed by atoms with van der Waals surface area (Å²) in [6.45, 7) is 6.08. The van der Waals surface area contributed by atoms with Crippen molar-refractivity contribution < 1.29 is 19.7 Å². The Labute approximate surface area is 71.5 Å². The minimum Gasteiger partial charge on any atom is -0.459 e. The van der Waals surface area contributed by atoms with E-state index in [1.807, 2.05) is 0 Å². The number of carbonyl (C=O) groups is 1. The molecule has 0 aromatic heterocycles. The van der Waals surface area contributed by atoms with Crippen LogP contribution in [0.2, 0.25) is 0 Å². The summed E-state index contributed by atoms with van der Waals surface area (Å²) in [5.74, 6) is -0.560. The van der Waals surface area contributed by atoms with Gasteiger partial charge >= 0.3 is 5.97 Å². The Bertz CT molecular complexity index is 174. The fourth-order valence-electron chi connectivity index (χ4n) is 0.424. The van der Waals surface area contributed by atoms with Gasteiger partial charge < -0.3 is 14.9 Å². The highest BCUT2D eigenvalue weighted by Crippen LogP contribution is 1.97. The summed E-state index contributed by atoms with van der Waals surface area (Å²) < 4.78 is 4.58. The van der Waals surface area contributed by atoms with Crippen molar-refractivity contribution in [3.05, 3.63) is 12.2 Å². The lowest BCUT2D eigenvalue weighted by Gasteiger charge is -2.13. The molecule has 0 heterocycles. The van der Waals surface area contributed by atoms with Crippen molar-refractivity contribution in [2.75, 3.05) is 6.61 Å². The lowest BCUT2D eigenvalue weighted by atomic mass is 10.2. The van der Waals surface area contributed by atoms with Crippen LogP contribution in [0.15, 0.2) is 12.2 Å². The van der Waals surface area contributed by atoms with Gasteiger partial charge in [-0.1, -0.05) is 6.58 Å². The zero-order valence-corrected chi connectivity index (χ0v) is 7.28. The molecular weight excluding hydrogens is 160 g/mol. The molecule has 2 N–H and O–H groups in total. The molecule has 0 aromatic rings. The van der Waals surface area contributed by atoms with Crippen LogP contribution in [-0.2, 0) is 9.53 Å². The number of hydrogen-bond donors (Lipinski definition) is 2. The molecule has 0 aliphatic heterocycles. The van der Waals surface area contributed by atoms with E-state index < -0.39 is 18.2 Å². The molecular formula is C8H14O4. The number of hydrogen-bond acceptors (Lipinski definition) is 4. The molecule has 2 atom stereocenters.